The van der Waals surface area contributed by atoms with Crippen molar-refractivity contribution in [3.63, 3.8) is 0 Å². The molecule has 1 saturated heterocycles. The molecule has 154 valence electrons. The van der Waals surface area contributed by atoms with Crippen LogP contribution in [-0.4, -0.2) is 49.2 Å². The molecule has 1 aliphatic heterocycles. The fraction of sp³-hybridized carbons (Fsp3) is 0.350. The summed E-state index contributed by atoms with van der Waals surface area (Å²) in [5, 5.41) is 5.32. The average molecular weight is 417 g/mol. The van der Waals surface area contributed by atoms with Crippen molar-refractivity contribution in [2.24, 2.45) is 5.92 Å². The number of amides is 2. The van der Waals surface area contributed by atoms with Gasteiger partial charge in [-0.1, -0.05) is 24.3 Å². The van der Waals surface area contributed by atoms with Crippen LogP contribution in [0, 0.1) is 5.92 Å². The molecule has 0 bridgehead atoms. The predicted molar refractivity (Wildman–Crippen MR) is 107 cm³/mol. The molecule has 2 amide bonds. The molecule has 0 aliphatic carbocycles. The fourth-order valence-corrected chi connectivity index (χ4v) is 4.74. The number of hydrogen-bond acceptors (Lipinski definition) is 5. The van der Waals surface area contributed by atoms with Crippen LogP contribution in [0.3, 0.4) is 0 Å². The van der Waals surface area contributed by atoms with Gasteiger partial charge in [0.15, 0.2) is 0 Å². The van der Waals surface area contributed by atoms with Crippen molar-refractivity contribution < 1.29 is 18.0 Å². The summed E-state index contributed by atoms with van der Waals surface area (Å²) in [6.07, 6.45) is 4.49. The zero-order valence-corrected chi connectivity index (χ0v) is 16.8. The summed E-state index contributed by atoms with van der Waals surface area (Å²) in [4.78, 5) is 28.6. The van der Waals surface area contributed by atoms with Crippen LogP contribution in [0.5, 0.6) is 0 Å². The Kier molecular flexibility index (Phi) is 6.95. The Bertz CT molecular complexity index is 935. The third kappa shape index (κ3) is 5.61. The Morgan fingerprint density at radius 3 is 2.62 bits per heavy atom. The monoisotopic (exact) mass is 416 g/mol. The summed E-state index contributed by atoms with van der Waals surface area (Å²) >= 11 is 0. The highest BCUT2D eigenvalue weighted by molar-refractivity contribution is 7.89. The maximum Gasteiger partial charge on any atom is 0.243 e. The van der Waals surface area contributed by atoms with Gasteiger partial charge in [-0.15, -0.1) is 0 Å². The minimum absolute atomic E-state index is 0.111. The third-order valence-corrected chi connectivity index (χ3v) is 6.65. The number of carbonyl (C=O) groups excluding carboxylic acids is 2. The summed E-state index contributed by atoms with van der Waals surface area (Å²) < 4.78 is 26.9. The summed E-state index contributed by atoms with van der Waals surface area (Å²) in [7, 11) is -3.63. The van der Waals surface area contributed by atoms with Gasteiger partial charge in [-0.2, -0.15) is 4.31 Å². The molecule has 1 aliphatic rings. The quantitative estimate of drug-likeness (QED) is 0.698. The summed E-state index contributed by atoms with van der Waals surface area (Å²) in [6, 6.07) is 11.8. The van der Waals surface area contributed by atoms with Gasteiger partial charge in [-0.05, 0) is 36.6 Å². The number of sulfonamides is 1. The van der Waals surface area contributed by atoms with Gasteiger partial charge >= 0.3 is 0 Å². The lowest BCUT2D eigenvalue weighted by Gasteiger charge is -2.31. The molecular weight excluding hydrogens is 392 g/mol. The first-order valence-electron chi connectivity index (χ1n) is 9.45. The molecule has 1 fully saturated rings. The molecule has 2 aromatic rings. The highest BCUT2D eigenvalue weighted by Crippen LogP contribution is 2.23. The number of rotatable bonds is 7. The second kappa shape index (κ2) is 9.62. The van der Waals surface area contributed by atoms with Gasteiger partial charge in [0.1, 0.15) is 0 Å². The number of pyridine rings is 1. The first-order valence-corrected chi connectivity index (χ1v) is 10.9. The Morgan fingerprint density at radius 1 is 1.10 bits per heavy atom. The van der Waals surface area contributed by atoms with Crippen LogP contribution in [0.25, 0.3) is 0 Å². The minimum atomic E-state index is -3.63. The summed E-state index contributed by atoms with van der Waals surface area (Å²) in [5.74, 6) is -1.10. The van der Waals surface area contributed by atoms with Crippen molar-refractivity contribution in [3.8, 4) is 0 Å². The predicted octanol–water partition coefficient (Wildman–Crippen LogP) is 0.915. The zero-order chi connectivity index (χ0) is 20.7. The van der Waals surface area contributed by atoms with Gasteiger partial charge in [-0.25, -0.2) is 8.42 Å². The van der Waals surface area contributed by atoms with Crippen molar-refractivity contribution in [1.82, 2.24) is 19.9 Å². The standard InChI is InChI=1S/C20H24N4O4S/c25-19(22-13-16-6-4-10-21-12-16)14-23-20(26)17-7-5-11-24(15-17)29(27,28)18-8-2-1-3-9-18/h1-4,6,8-10,12,17H,5,7,11,13-15H2,(H,22,25)(H,23,26)/t17-/m1/s1. The molecule has 2 heterocycles. The lowest BCUT2D eigenvalue weighted by Crippen LogP contribution is -2.47. The van der Waals surface area contributed by atoms with Crippen molar-refractivity contribution in [2.75, 3.05) is 19.6 Å². The molecule has 0 saturated carbocycles. The molecule has 1 aromatic carbocycles. The maximum absolute atomic E-state index is 12.8. The highest BCUT2D eigenvalue weighted by atomic mass is 32.2. The Labute approximate surface area is 170 Å². The molecule has 3 rings (SSSR count). The number of nitrogens with one attached hydrogen (secondary N) is 2. The van der Waals surface area contributed by atoms with E-state index in [0.717, 1.165) is 5.56 Å². The van der Waals surface area contributed by atoms with Crippen molar-refractivity contribution in [1.29, 1.82) is 0 Å². The largest absolute Gasteiger partial charge is 0.350 e. The number of benzene rings is 1. The van der Waals surface area contributed by atoms with Gasteiger partial charge < -0.3 is 10.6 Å². The second-order valence-corrected chi connectivity index (χ2v) is 8.81. The average Bonchev–Trinajstić information content (AvgIpc) is 2.77. The summed E-state index contributed by atoms with van der Waals surface area (Å²) in [5.41, 5.74) is 0.862. The van der Waals surface area contributed by atoms with E-state index in [1.54, 1.807) is 48.8 Å². The van der Waals surface area contributed by atoms with Crippen molar-refractivity contribution >= 4 is 21.8 Å². The number of carbonyl (C=O) groups is 2. The first kappa shape index (κ1) is 20.9. The van der Waals surface area contributed by atoms with Crippen LogP contribution in [0.15, 0.2) is 59.8 Å². The van der Waals surface area contributed by atoms with E-state index in [-0.39, 0.29) is 29.8 Å². The molecule has 8 nitrogen and oxygen atoms in total. The van der Waals surface area contributed by atoms with Crippen LogP contribution in [-0.2, 0) is 26.2 Å². The molecule has 9 heteroatoms. The van der Waals surface area contributed by atoms with Gasteiger partial charge in [0.25, 0.3) is 0 Å². The van der Waals surface area contributed by atoms with Crippen LogP contribution in [0.4, 0.5) is 0 Å². The Morgan fingerprint density at radius 2 is 1.90 bits per heavy atom. The molecule has 0 spiro atoms. The topological polar surface area (TPSA) is 108 Å². The van der Waals surface area contributed by atoms with Crippen molar-refractivity contribution in [3.05, 3.63) is 60.4 Å². The third-order valence-electron chi connectivity index (χ3n) is 4.77. The van der Waals surface area contributed by atoms with Crippen LogP contribution in [0.2, 0.25) is 0 Å². The lowest BCUT2D eigenvalue weighted by atomic mass is 9.99. The molecular formula is C20H24N4O4S. The van der Waals surface area contributed by atoms with E-state index in [1.807, 2.05) is 6.07 Å². The van der Waals surface area contributed by atoms with E-state index >= 15 is 0 Å². The van der Waals surface area contributed by atoms with Crippen LogP contribution in [0.1, 0.15) is 18.4 Å². The van der Waals surface area contributed by atoms with Crippen LogP contribution >= 0.6 is 0 Å². The van der Waals surface area contributed by atoms with Gasteiger partial charge in [0.05, 0.1) is 17.4 Å². The number of hydrogen-bond donors (Lipinski definition) is 2. The molecule has 1 aromatic heterocycles. The van der Waals surface area contributed by atoms with E-state index in [0.29, 0.717) is 25.9 Å². The molecule has 29 heavy (non-hydrogen) atoms. The zero-order valence-electron chi connectivity index (χ0n) is 16.0. The minimum Gasteiger partial charge on any atom is -0.350 e. The Hall–Kier alpha value is -2.78. The maximum atomic E-state index is 12.8. The normalized spacial score (nSPS) is 17.4. The van der Waals surface area contributed by atoms with Crippen LogP contribution < -0.4 is 10.6 Å². The van der Waals surface area contributed by atoms with Gasteiger partial charge in [0, 0.05) is 32.0 Å². The summed E-state index contributed by atoms with van der Waals surface area (Å²) in [6.45, 7) is 0.670. The molecule has 2 N–H and O–H groups in total. The Balaban J connectivity index is 1.50. The van der Waals surface area contributed by atoms with Crippen molar-refractivity contribution in [2.45, 2.75) is 24.3 Å². The van der Waals surface area contributed by atoms with E-state index in [4.69, 9.17) is 0 Å². The SMILES string of the molecule is O=C(CNC(=O)[C@@H]1CCCN(S(=O)(=O)c2ccccc2)C1)NCc1cccnc1. The highest BCUT2D eigenvalue weighted by Gasteiger charge is 2.33. The number of nitrogens with zero attached hydrogens (tertiary/aromatic N) is 2. The number of piperidine rings is 1. The van der Waals surface area contributed by atoms with E-state index < -0.39 is 15.9 Å². The molecule has 0 radical (unpaired) electrons. The van der Waals surface area contributed by atoms with Gasteiger partial charge in [-0.3, -0.25) is 14.6 Å². The molecule has 1 atom stereocenters. The fourth-order valence-electron chi connectivity index (χ4n) is 3.19. The van der Waals surface area contributed by atoms with E-state index in [2.05, 4.69) is 15.6 Å². The van der Waals surface area contributed by atoms with E-state index in [9.17, 15) is 18.0 Å². The van der Waals surface area contributed by atoms with Gasteiger partial charge in [0.2, 0.25) is 21.8 Å². The first-order chi connectivity index (χ1) is 14.0. The second-order valence-electron chi connectivity index (χ2n) is 6.87. The lowest BCUT2D eigenvalue weighted by molar-refractivity contribution is -0.129. The molecule has 0 unspecified atom stereocenters. The smallest absolute Gasteiger partial charge is 0.243 e. The number of aromatic nitrogens is 1. The van der Waals surface area contributed by atoms with E-state index in [1.165, 1.54) is 4.31 Å².